The molecule has 128 valence electrons. The molecule has 2 aliphatic carbocycles. The quantitative estimate of drug-likeness (QED) is 0.885. The van der Waals surface area contributed by atoms with Crippen LogP contribution in [0.2, 0.25) is 0 Å². The number of carbonyl (C=O) groups excluding carboxylic acids is 1. The predicted molar refractivity (Wildman–Crippen MR) is 87.9 cm³/mol. The zero-order chi connectivity index (χ0) is 16.5. The molecule has 2 aromatic heterocycles. The molecule has 0 aliphatic heterocycles. The van der Waals surface area contributed by atoms with Gasteiger partial charge in [-0.05, 0) is 43.7 Å². The summed E-state index contributed by atoms with van der Waals surface area (Å²) < 4.78 is 12.6. The van der Waals surface area contributed by atoms with Crippen LogP contribution < -0.4 is 5.32 Å². The SMILES string of the molecule is COCCn1cc2c(n1)C(NC(=O)c1ccoc1C1CC1)CCC2. The summed E-state index contributed by atoms with van der Waals surface area (Å²) in [4.78, 5) is 12.7. The number of aromatic nitrogens is 2. The van der Waals surface area contributed by atoms with E-state index >= 15 is 0 Å². The Balaban J connectivity index is 1.50. The fourth-order valence-corrected chi connectivity index (χ4v) is 3.44. The van der Waals surface area contributed by atoms with Gasteiger partial charge in [-0.2, -0.15) is 5.10 Å². The average molecular weight is 329 g/mol. The molecule has 0 saturated heterocycles. The van der Waals surface area contributed by atoms with Crippen LogP contribution in [0.5, 0.6) is 0 Å². The molecule has 6 nitrogen and oxygen atoms in total. The summed E-state index contributed by atoms with van der Waals surface area (Å²) in [5.74, 6) is 1.22. The molecular weight excluding hydrogens is 306 g/mol. The molecule has 24 heavy (non-hydrogen) atoms. The lowest BCUT2D eigenvalue weighted by molar-refractivity contribution is 0.0929. The van der Waals surface area contributed by atoms with Crippen molar-refractivity contribution in [1.82, 2.24) is 15.1 Å². The fourth-order valence-electron chi connectivity index (χ4n) is 3.44. The molecule has 0 spiro atoms. The first-order valence-electron chi connectivity index (χ1n) is 8.69. The Bertz CT molecular complexity index is 730. The van der Waals surface area contributed by atoms with Gasteiger partial charge in [0.1, 0.15) is 5.76 Å². The first-order chi connectivity index (χ1) is 11.8. The number of carbonyl (C=O) groups is 1. The second kappa shape index (κ2) is 6.43. The topological polar surface area (TPSA) is 69.3 Å². The lowest BCUT2D eigenvalue weighted by Gasteiger charge is -2.22. The number of nitrogens with one attached hydrogen (secondary N) is 1. The van der Waals surface area contributed by atoms with Gasteiger partial charge in [0.2, 0.25) is 0 Å². The molecule has 0 radical (unpaired) electrons. The molecule has 2 aliphatic rings. The number of hydrogen-bond acceptors (Lipinski definition) is 4. The molecule has 1 saturated carbocycles. The third kappa shape index (κ3) is 2.98. The highest BCUT2D eigenvalue weighted by molar-refractivity contribution is 5.95. The Labute approximate surface area is 141 Å². The number of ether oxygens (including phenoxy) is 1. The molecule has 2 heterocycles. The Morgan fingerprint density at radius 1 is 1.46 bits per heavy atom. The number of methoxy groups -OCH3 is 1. The molecule has 4 rings (SSSR count). The van der Waals surface area contributed by atoms with Crippen LogP contribution in [0.15, 0.2) is 22.9 Å². The lowest BCUT2D eigenvalue weighted by Crippen LogP contribution is -2.31. The van der Waals surface area contributed by atoms with Crippen molar-refractivity contribution in [2.75, 3.05) is 13.7 Å². The van der Waals surface area contributed by atoms with E-state index in [-0.39, 0.29) is 11.9 Å². The summed E-state index contributed by atoms with van der Waals surface area (Å²) in [6.45, 7) is 1.37. The van der Waals surface area contributed by atoms with E-state index in [4.69, 9.17) is 9.15 Å². The standard InChI is InChI=1S/C18H23N3O3/c1-23-10-8-21-11-13-3-2-4-15(16(13)20-21)19-18(22)14-7-9-24-17(14)12-5-6-12/h7,9,11-12,15H,2-6,8,10H2,1H3,(H,19,22). The Morgan fingerprint density at radius 3 is 3.12 bits per heavy atom. The van der Waals surface area contributed by atoms with Gasteiger partial charge in [0.05, 0.1) is 36.7 Å². The van der Waals surface area contributed by atoms with Gasteiger partial charge in [0, 0.05) is 19.2 Å². The van der Waals surface area contributed by atoms with E-state index in [1.807, 2.05) is 4.68 Å². The van der Waals surface area contributed by atoms with Crippen molar-refractivity contribution in [2.45, 2.75) is 50.6 Å². The average Bonchev–Trinajstić information content (AvgIpc) is 3.15. The molecule has 0 bridgehead atoms. The van der Waals surface area contributed by atoms with Crippen molar-refractivity contribution in [3.8, 4) is 0 Å². The molecule has 6 heteroatoms. The van der Waals surface area contributed by atoms with E-state index in [2.05, 4.69) is 16.6 Å². The van der Waals surface area contributed by atoms with Gasteiger partial charge in [-0.25, -0.2) is 0 Å². The number of fused-ring (bicyclic) bond motifs is 1. The third-order valence-electron chi connectivity index (χ3n) is 4.86. The van der Waals surface area contributed by atoms with Gasteiger partial charge in [-0.15, -0.1) is 0 Å². The molecule has 1 fully saturated rings. The highest BCUT2D eigenvalue weighted by Gasteiger charge is 2.32. The Hall–Kier alpha value is -2.08. The molecular formula is C18H23N3O3. The summed E-state index contributed by atoms with van der Waals surface area (Å²) in [5.41, 5.74) is 2.92. The van der Waals surface area contributed by atoms with Crippen molar-refractivity contribution in [1.29, 1.82) is 0 Å². The van der Waals surface area contributed by atoms with E-state index in [0.29, 0.717) is 18.1 Å². The molecule has 1 unspecified atom stereocenters. The zero-order valence-corrected chi connectivity index (χ0v) is 14.0. The van der Waals surface area contributed by atoms with E-state index in [9.17, 15) is 4.79 Å². The summed E-state index contributed by atoms with van der Waals surface area (Å²) in [5, 5.41) is 7.84. The van der Waals surface area contributed by atoms with Gasteiger partial charge < -0.3 is 14.5 Å². The van der Waals surface area contributed by atoms with Crippen LogP contribution in [0.25, 0.3) is 0 Å². The Kier molecular flexibility index (Phi) is 4.14. The second-order valence-corrected chi connectivity index (χ2v) is 6.69. The molecule has 0 aromatic carbocycles. The number of aryl methyl sites for hydroxylation is 1. The van der Waals surface area contributed by atoms with Crippen molar-refractivity contribution in [2.24, 2.45) is 0 Å². The molecule has 1 N–H and O–H groups in total. The maximum Gasteiger partial charge on any atom is 0.255 e. The van der Waals surface area contributed by atoms with Gasteiger partial charge in [0.15, 0.2) is 0 Å². The van der Waals surface area contributed by atoms with Crippen LogP contribution >= 0.6 is 0 Å². The molecule has 1 amide bonds. The minimum Gasteiger partial charge on any atom is -0.468 e. The number of nitrogens with zero attached hydrogens (tertiary/aromatic N) is 2. The summed E-state index contributed by atoms with van der Waals surface area (Å²) in [7, 11) is 1.69. The zero-order valence-electron chi connectivity index (χ0n) is 14.0. The lowest BCUT2D eigenvalue weighted by atomic mass is 9.93. The summed E-state index contributed by atoms with van der Waals surface area (Å²) in [6.07, 6.45) is 8.95. The molecule has 1 atom stereocenters. The normalized spacial score (nSPS) is 20.0. The van der Waals surface area contributed by atoms with Crippen LogP contribution in [0, 0.1) is 0 Å². The Morgan fingerprint density at radius 2 is 2.33 bits per heavy atom. The van der Waals surface area contributed by atoms with Crippen LogP contribution in [-0.4, -0.2) is 29.4 Å². The van der Waals surface area contributed by atoms with Crippen molar-refractivity contribution in [3.05, 3.63) is 41.1 Å². The highest BCUT2D eigenvalue weighted by Crippen LogP contribution is 2.42. The van der Waals surface area contributed by atoms with Gasteiger partial charge >= 0.3 is 0 Å². The first-order valence-corrected chi connectivity index (χ1v) is 8.69. The molecule has 2 aromatic rings. The smallest absolute Gasteiger partial charge is 0.255 e. The number of rotatable bonds is 6. The predicted octanol–water partition coefficient (Wildman–Crippen LogP) is 2.81. The van der Waals surface area contributed by atoms with Gasteiger partial charge in [0.25, 0.3) is 5.91 Å². The number of amides is 1. The van der Waals surface area contributed by atoms with Gasteiger partial charge in [-0.1, -0.05) is 0 Å². The van der Waals surface area contributed by atoms with Crippen molar-refractivity contribution < 1.29 is 13.9 Å². The third-order valence-corrected chi connectivity index (χ3v) is 4.86. The van der Waals surface area contributed by atoms with E-state index < -0.39 is 0 Å². The fraction of sp³-hybridized carbons (Fsp3) is 0.556. The minimum atomic E-state index is -0.0464. The first kappa shape index (κ1) is 15.4. The number of hydrogen-bond donors (Lipinski definition) is 1. The van der Waals surface area contributed by atoms with Crippen LogP contribution in [0.4, 0.5) is 0 Å². The monoisotopic (exact) mass is 329 g/mol. The summed E-state index contributed by atoms with van der Waals surface area (Å²) >= 11 is 0. The maximum atomic E-state index is 12.7. The summed E-state index contributed by atoms with van der Waals surface area (Å²) in [6, 6.07) is 1.76. The van der Waals surface area contributed by atoms with E-state index in [1.165, 1.54) is 5.56 Å². The van der Waals surface area contributed by atoms with Crippen LogP contribution in [-0.2, 0) is 17.7 Å². The van der Waals surface area contributed by atoms with Crippen molar-refractivity contribution in [3.63, 3.8) is 0 Å². The van der Waals surface area contributed by atoms with Gasteiger partial charge in [-0.3, -0.25) is 9.48 Å². The maximum absolute atomic E-state index is 12.7. The van der Waals surface area contributed by atoms with Crippen LogP contribution in [0.3, 0.4) is 0 Å². The van der Waals surface area contributed by atoms with Crippen LogP contribution in [0.1, 0.15) is 65.0 Å². The largest absolute Gasteiger partial charge is 0.468 e. The minimum absolute atomic E-state index is 0.0213. The van der Waals surface area contributed by atoms with E-state index in [0.717, 1.165) is 50.1 Å². The van der Waals surface area contributed by atoms with E-state index in [1.54, 1.807) is 19.4 Å². The highest BCUT2D eigenvalue weighted by atomic mass is 16.5. The number of furan rings is 1. The second-order valence-electron chi connectivity index (χ2n) is 6.69. The van der Waals surface area contributed by atoms with Crippen molar-refractivity contribution >= 4 is 5.91 Å².